The Morgan fingerprint density at radius 1 is 1.35 bits per heavy atom. The highest BCUT2D eigenvalue weighted by Gasteiger charge is 2.17. The van der Waals surface area contributed by atoms with E-state index in [1.54, 1.807) is 14.1 Å². The summed E-state index contributed by atoms with van der Waals surface area (Å²) in [7, 11) is -0.509. The fourth-order valence-electron chi connectivity index (χ4n) is 1.33. The first-order chi connectivity index (χ1) is 9.22. The molecule has 0 fully saturated rings. The van der Waals surface area contributed by atoms with E-state index in [0.29, 0.717) is 4.88 Å². The molecule has 0 bridgehead atoms. The average Bonchev–Trinajstić information content (AvgIpc) is 2.76. The zero-order valence-electron chi connectivity index (χ0n) is 11.1. The van der Waals surface area contributed by atoms with Crippen molar-refractivity contribution in [3.8, 4) is 0 Å². The minimum atomic E-state index is -3.69. The molecule has 0 saturated heterocycles. The van der Waals surface area contributed by atoms with Gasteiger partial charge in [0.15, 0.2) is 0 Å². The predicted octanol–water partition coefficient (Wildman–Crippen LogP) is 0.132. The van der Waals surface area contributed by atoms with Crippen LogP contribution in [-0.2, 0) is 26.0 Å². The van der Waals surface area contributed by atoms with Gasteiger partial charge in [0.2, 0.25) is 15.9 Å². The number of nitrogens with one attached hydrogen (secondary N) is 1. The molecule has 112 valence electrons. The molecule has 0 radical (unpaired) electrons. The van der Waals surface area contributed by atoms with Crippen LogP contribution in [0, 0.1) is 0 Å². The highest BCUT2D eigenvalue weighted by Crippen LogP contribution is 2.21. The van der Waals surface area contributed by atoms with Gasteiger partial charge in [-0.25, -0.2) is 13.1 Å². The topological polar surface area (TPSA) is 104 Å². The first kappa shape index (κ1) is 16.6. The van der Waals surface area contributed by atoms with Gasteiger partial charge in [-0.15, -0.1) is 11.3 Å². The second kappa shape index (κ2) is 6.82. The van der Waals surface area contributed by atoms with E-state index in [0.717, 1.165) is 11.3 Å². The van der Waals surface area contributed by atoms with E-state index in [1.807, 2.05) is 0 Å². The number of carbonyl (C=O) groups is 2. The van der Waals surface area contributed by atoms with Gasteiger partial charge in [0.25, 0.3) is 0 Å². The van der Waals surface area contributed by atoms with E-state index in [2.05, 4.69) is 4.72 Å². The second-order valence-electron chi connectivity index (χ2n) is 4.23. The smallest absolute Gasteiger partial charge is 0.308 e. The van der Waals surface area contributed by atoms with Crippen molar-refractivity contribution < 1.29 is 23.1 Å². The molecule has 1 rings (SSSR count). The van der Waals surface area contributed by atoms with Gasteiger partial charge >= 0.3 is 5.97 Å². The van der Waals surface area contributed by atoms with Crippen molar-refractivity contribution in [2.75, 3.05) is 20.6 Å². The fourth-order valence-corrected chi connectivity index (χ4v) is 3.76. The van der Waals surface area contributed by atoms with E-state index in [9.17, 15) is 18.0 Å². The molecule has 0 aromatic carbocycles. The number of sulfonamides is 1. The molecule has 0 aliphatic carbocycles. The maximum absolute atomic E-state index is 11.9. The van der Waals surface area contributed by atoms with Crippen LogP contribution in [0.2, 0.25) is 0 Å². The minimum absolute atomic E-state index is 0.00547. The van der Waals surface area contributed by atoms with Crippen molar-refractivity contribution in [2.24, 2.45) is 0 Å². The molecular weight excluding hydrogens is 304 g/mol. The number of nitrogens with zero attached hydrogens (tertiary/aromatic N) is 1. The quantitative estimate of drug-likeness (QED) is 0.743. The normalized spacial score (nSPS) is 11.3. The minimum Gasteiger partial charge on any atom is -0.481 e. The lowest BCUT2D eigenvalue weighted by Crippen LogP contribution is -2.29. The number of thiophene rings is 1. The maximum Gasteiger partial charge on any atom is 0.308 e. The number of carbonyl (C=O) groups excluding carboxylic acids is 1. The molecule has 1 aromatic rings. The first-order valence-electron chi connectivity index (χ1n) is 5.72. The number of rotatable bonds is 7. The van der Waals surface area contributed by atoms with Gasteiger partial charge in [-0.1, -0.05) is 0 Å². The third-order valence-electron chi connectivity index (χ3n) is 2.36. The van der Waals surface area contributed by atoms with E-state index >= 15 is 0 Å². The Morgan fingerprint density at radius 2 is 2.00 bits per heavy atom. The maximum atomic E-state index is 11.9. The summed E-state index contributed by atoms with van der Waals surface area (Å²) in [5.41, 5.74) is 0. The average molecular weight is 320 g/mol. The third kappa shape index (κ3) is 4.91. The monoisotopic (exact) mass is 320 g/mol. The molecule has 1 amide bonds. The Hall–Kier alpha value is -1.45. The van der Waals surface area contributed by atoms with Gasteiger partial charge in [0.1, 0.15) is 4.21 Å². The van der Waals surface area contributed by atoms with Crippen LogP contribution < -0.4 is 4.72 Å². The highest BCUT2D eigenvalue weighted by molar-refractivity contribution is 7.91. The van der Waals surface area contributed by atoms with Crippen molar-refractivity contribution in [2.45, 2.75) is 17.1 Å². The summed E-state index contributed by atoms with van der Waals surface area (Å²) in [6, 6.07) is 2.83. The Labute approximate surface area is 121 Å². The highest BCUT2D eigenvalue weighted by atomic mass is 32.2. The van der Waals surface area contributed by atoms with E-state index < -0.39 is 16.0 Å². The first-order valence-corrected chi connectivity index (χ1v) is 8.02. The summed E-state index contributed by atoms with van der Waals surface area (Å²) >= 11 is 0.907. The van der Waals surface area contributed by atoms with Crippen molar-refractivity contribution in [3.63, 3.8) is 0 Å². The molecule has 7 nitrogen and oxygen atoms in total. The van der Waals surface area contributed by atoms with Gasteiger partial charge < -0.3 is 10.0 Å². The van der Waals surface area contributed by atoms with Gasteiger partial charge in [0.05, 0.1) is 6.42 Å². The largest absolute Gasteiger partial charge is 0.481 e. The number of hydrogen-bond donors (Lipinski definition) is 2. The summed E-state index contributed by atoms with van der Waals surface area (Å²) in [4.78, 5) is 23.7. The van der Waals surface area contributed by atoms with Crippen LogP contribution in [0.3, 0.4) is 0 Å². The van der Waals surface area contributed by atoms with Crippen molar-refractivity contribution >= 4 is 33.2 Å². The molecule has 0 spiro atoms. The molecule has 1 heterocycles. The molecule has 0 saturated carbocycles. The van der Waals surface area contributed by atoms with Crippen molar-refractivity contribution in [3.05, 3.63) is 17.0 Å². The number of carboxylic acids is 1. The molecule has 9 heteroatoms. The Kier molecular flexibility index (Phi) is 5.66. The van der Waals surface area contributed by atoms with E-state index in [4.69, 9.17) is 5.11 Å². The summed E-state index contributed by atoms with van der Waals surface area (Å²) in [6.45, 7) is 0.00547. The standard InChI is InChI=1S/C11H16N2O5S2/c1-13(2)9(14)5-6-12-20(17,18)11-4-3-8(19-11)7-10(15)16/h3-4,12H,5-7H2,1-2H3,(H,15,16). The van der Waals surface area contributed by atoms with Crippen molar-refractivity contribution in [1.29, 1.82) is 0 Å². The summed E-state index contributed by atoms with van der Waals surface area (Å²) in [5, 5.41) is 8.63. The van der Waals surface area contributed by atoms with Crippen molar-refractivity contribution in [1.82, 2.24) is 9.62 Å². The lowest BCUT2D eigenvalue weighted by atomic mass is 10.3. The molecule has 0 aliphatic rings. The summed E-state index contributed by atoms with van der Waals surface area (Å²) in [6.07, 6.45) is -0.140. The molecule has 0 atom stereocenters. The summed E-state index contributed by atoms with van der Waals surface area (Å²) < 4.78 is 26.2. The fraction of sp³-hybridized carbons (Fsp3) is 0.455. The zero-order valence-corrected chi connectivity index (χ0v) is 12.8. The SMILES string of the molecule is CN(C)C(=O)CCNS(=O)(=O)c1ccc(CC(=O)O)s1. The second-order valence-corrected chi connectivity index (χ2v) is 7.39. The van der Waals surface area contributed by atoms with Gasteiger partial charge in [-0.3, -0.25) is 9.59 Å². The third-order valence-corrected chi connectivity index (χ3v) is 5.40. The predicted molar refractivity (Wildman–Crippen MR) is 74.2 cm³/mol. The number of hydrogen-bond acceptors (Lipinski definition) is 5. The molecule has 0 aliphatic heterocycles. The van der Waals surface area contributed by atoms with Crippen LogP contribution in [0.4, 0.5) is 0 Å². The van der Waals surface area contributed by atoms with Crippen LogP contribution in [-0.4, -0.2) is 50.9 Å². The number of amides is 1. The molecule has 20 heavy (non-hydrogen) atoms. The molecule has 0 unspecified atom stereocenters. The Bertz CT molecular complexity index is 592. The van der Waals surface area contributed by atoms with Gasteiger partial charge in [-0.2, -0.15) is 0 Å². The van der Waals surface area contributed by atoms with E-state index in [1.165, 1.54) is 17.0 Å². The number of aliphatic carboxylic acids is 1. The van der Waals surface area contributed by atoms with Gasteiger partial charge in [-0.05, 0) is 12.1 Å². The van der Waals surface area contributed by atoms with E-state index in [-0.39, 0.29) is 29.5 Å². The summed E-state index contributed by atoms with van der Waals surface area (Å²) in [5.74, 6) is -1.19. The zero-order chi connectivity index (χ0) is 15.3. The lowest BCUT2D eigenvalue weighted by Gasteiger charge is -2.10. The number of carboxylic acid groups (broad SMARTS) is 1. The molecule has 2 N–H and O–H groups in total. The van der Waals surface area contributed by atoms with Crippen LogP contribution in [0.15, 0.2) is 16.3 Å². The Balaban J connectivity index is 2.62. The Morgan fingerprint density at radius 3 is 2.55 bits per heavy atom. The van der Waals surface area contributed by atoms with Crippen LogP contribution in [0.5, 0.6) is 0 Å². The van der Waals surface area contributed by atoms with Crippen LogP contribution in [0.1, 0.15) is 11.3 Å². The molecular formula is C11H16N2O5S2. The van der Waals surface area contributed by atoms with Crippen LogP contribution in [0.25, 0.3) is 0 Å². The van der Waals surface area contributed by atoms with Crippen LogP contribution >= 0.6 is 11.3 Å². The van der Waals surface area contributed by atoms with Gasteiger partial charge in [0, 0.05) is 31.9 Å². The molecule has 1 aromatic heterocycles. The lowest BCUT2D eigenvalue weighted by molar-refractivity contribution is -0.136.